The highest BCUT2D eigenvalue weighted by Gasteiger charge is 2.40. The van der Waals surface area contributed by atoms with Gasteiger partial charge in [-0.3, -0.25) is 14.9 Å². The molecule has 0 saturated carbocycles. The molecule has 3 aromatic rings. The standard InChI is InChI=1S/C19H23ClN8/c1-12-9-27-8-7-26(12)10-16(27)19-23-18(17-21-11-22-24-17)25-28(19)13(2)14-3-5-15(20)6-4-14/h3-6,11-13,16H,7-10H2,1-2H3,(H,21,22,24). The van der Waals surface area contributed by atoms with Gasteiger partial charge in [0, 0.05) is 37.2 Å². The summed E-state index contributed by atoms with van der Waals surface area (Å²) in [7, 11) is 0. The fourth-order valence-electron chi connectivity index (χ4n) is 4.30. The molecule has 5 unspecified atom stereocenters. The second-order valence-electron chi connectivity index (χ2n) is 7.65. The molecule has 0 amide bonds. The molecule has 6 rings (SSSR count). The van der Waals surface area contributed by atoms with E-state index in [1.807, 2.05) is 28.9 Å². The number of hydrogen-bond donors (Lipinski definition) is 1. The van der Waals surface area contributed by atoms with Gasteiger partial charge >= 0.3 is 0 Å². The van der Waals surface area contributed by atoms with Gasteiger partial charge in [0.1, 0.15) is 12.2 Å². The fourth-order valence-corrected chi connectivity index (χ4v) is 4.43. The number of aromatic nitrogens is 6. The fraction of sp³-hybridized carbons (Fsp3) is 0.474. The quantitative estimate of drug-likeness (QED) is 0.727. The van der Waals surface area contributed by atoms with Crippen molar-refractivity contribution in [2.75, 3.05) is 26.2 Å². The van der Waals surface area contributed by atoms with Crippen molar-refractivity contribution < 1.29 is 0 Å². The minimum Gasteiger partial charge on any atom is -0.296 e. The highest BCUT2D eigenvalue weighted by atomic mass is 35.5. The maximum Gasteiger partial charge on any atom is 0.218 e. The van der Waals surface area contributed by atoms with E-state index in [-0.39, 0.29) is 12.1 Å². The van der Waals surface area contributed by atoms with Gasteiger partial charge in [0.05, 0.1) is 12.1 Å². The van der Waals surface area contributed by atoms with Crippen LogP contribution in [0, 0.1) is 0 Å². The van der Waals surface area contributed by atoms with Gasteiger partial charge in [0.2, 0.25) is 5.82 Å². The molecular weight excluding hydrogens is 376 g/mol. The van der Waals surface area contributed by atoms with E-state index in [1.165, 1.54) is 6.33 Å². The molecule has 5 heterocycles. The number of fused-ring (bicyclic) bond motifs is 3. The number of rotatable bonds is 4. The number of piperazine rings is 3. The van der Waals surface area contributed by atoms with Gasteiger partial charge in [-0.25, -0.2) is 14.6 Å². The van der Waals surface area contributed by atoms with Crippen LogP contribution >= 0.6 is 11.6 Å². The maximum absolute atomic E-state index is 6.08. The van der Waals surface area contributed by atoms with Crippen molar-refractivity contribution in [3.05, 3.63) is 47.0 Å². The molecule has 9 heteroatoms. The highest BCUT2D eigenvalue weighted by molar-refractivity contribution is 6.30. The van der Waals surface area contributed by atoms with E-state index in [1.54, 1.807) is 0 Å². The van der Waals surface area contributed by atoms with Crippen LogP contribution in [-0.4, -0.2) is 72.0 Å². The molecule has 2 bridgehead atoms. The van der Waals surface area contributed by atoms with Crippen molar-refractivity contribution in [2.24, 2.45) is 0 Å². The first-order chi connectivity index (χ1) is 13.6. The van der Waals surface area contributed by atoms with Crippen LogP contribution in [0.4, 0.5) is 0 Å². The summed E-state index contributed by atoms with van der Waals surface area (Å²) in [5, 5.41) is 12.4. The Morgan fingerprint density at radius 1 is 1.14 bits per heavy atom. The molecule has 8 nitrogen and oxygen atoms in total. The van der Waals surface area contributed by atoms with Crippen molar-refractivity contribution in [1.29, 1.82) is 0 Å². The topological polar surface area (TPSA) is 78.8 Å². The Labute approximate surface area is 168 Å². The maximum atomic E-state index is 6.08. The normalized spacial score (nSPS) is 27.8. The highest BCUT2D eigenvalue weighted by Crippen LogP contribution is 2.33. The molecule has 3 aliphatic rings. The molecule has 28 heavy (non-hydrogen) atoms. The van der Waals surface area contributed by atoms with Gasteiger partial charge in [-0.15, -0.1) is 5.10 Å². The van der Waals surface area contributed by atoms with Gasteiger partial charge < -0.3 is 0 Å². The van der Waals surface area contributed by atoms with Crippen LogP contribution in [0.5, 0.6) is 0 Å². The number of nitrogens with one attached hydrogen (secondary N) is 1. The van der Waals surface area contributed by atoms with Crippen LogP contribution in [-0.2, 0) is 0 Å². The van der Waals surface area contributed by atoms with Crippen molar-refractivity contribution in [2.45, 2.75) is 32.0 Å². The molecule has 3 fully saturated rings. The summed E-state index contributed by atoms with van der Waals surface area (Å²) in [6.07, 6.45) is 1.48. The lowest BCUT2D eigenvalue weighted by Gasteiger charge is -2.50. The summed E-state index contributed by atoms with van der Waals surface area (Å²) in [5.41, 5.74) is 1.14. The van der Waals surface area contributed by atoms with E-state index in [2.05, 4.69) is 38.8 Å². The molecule has 3 aliphatic heterocycles. The summed E-state index contributed by atoms with van der Waals surface area (Å²) in [5.74, 6) is 2.15. The Hall–Kier alpha value is -2.29. The van der Waals surface area contributed by atoms with E-state index in [4.69, 9.17) is 21.7 Å². The SMILES string of the molecule is CC1CN2CCN1CC2c1nc(-c2ncn[nH]2)nn1C(C)c1ccc(Cl)cc1. The molecule has 3 saturated heterocycles. The summed E-state index contributed by atoms with van der Waals surface area (Å²) < 4.78 is 2.04. The van der Waals surface area contributed by atoms with Crippen LogP contribution in [0.1, 0.15) is 37.3 Å². The van der Waals surface area contributed by atoms with Gasteiger partial charge in [-0.05, 0) is 31.5 Å². The van der Waals surface area contributed by atoms with Crippen LogP contribution < -0.4 is 0 Å². The summed E-state index contributed by atoms with van der Waals surface area (Å²) in [6, 6.07) is 8.77. The van der Waals surface area contributed by atoms with Crippen LogP contribution in [0.3, 0.4) is 0 Å². The molecule has 0 aliphatic carbocycles. The molecule has 1 aromatic carbocycles. The molecule has 0 spiro atoms. The number of nitrogens with zero attached hydrogens (tertiary/aromatic N) is 7. The van der Waals surface area contributed by atoms with Crippen LogP contribution in [0.15, 0.2) is 30.6 Å². The third-order valence-electron chi connectivity index (χ3n) is 5.95. The number of H-pyrrole nitrogens is 1. The van der Waals surface area contributed by atoms with E-state index in [0.717, 1.165) is 42.6 Å². The molecule has 1 N–H and O–H groups in total. The zero-order chi connectivity index (χ0) is 19.3. The minimum atomic E-state index is 0.0329. The first-order valence-electron chi connectivity index (χ1n) is 9.66. The molecule has 2 aromatic heterocycles. The number of halogens is 1. The lowest BCUT2D eigenvalue weighted by molar-refractivity contribution is -0.0288. The van der Waals surface area contributed by atoms with Crippen molar-refractivity contribution in [3.8, 4) is 11.6 Å². The van der Waals surface area contributed by atoms with E-state index in [0.29, 0.717) is 17.7 Å². The zero-order valence-corrected chi connectivity index (χ0v) is 16.7. The van der Waals surface area contributed by atoms with Gasteiger partial charge in [-0.2, -0.15) is 5.10 Å². The van der Waals surface area contributed by atoms with Crippen LogP contribution in [0.2, 0.25) is 5.02 Å². The third-order valence-corrected chi connectivity index (χ3v) is 6.20. The largest absolute Gasteiger partial charge is 0.296 e. The number of aromatic amines is 1. The number of hydrogen-bond acceptors (Lipinski definition) is 6. The van der Waals surface area contributed by atoms with E-state index in [9.17, 15) is 0 Å². The van der Waals surface area contributed by atoms with Crippen molar-refractivity contribution in [3.63, 3.8) is 0 Å². The summed E-state index contributed by atoms with van der Waals surface area (Å²) >= 11 is 6.08. The monoisotopic (exact) mass is 398 g/mol. The van der Waals surface area contributed by atoms with Gasteiger partial charge in [0.15, 0.2) is 5.82 Å². The van der Waals surface area contributed by atoms with Crippen molar-refractivity contribution in [1.82, 2.24) is 39.7 Å². The molecule has 146 valence electrons. The van der Waals surface area contributed by atoms with Gasteiger partial charge in [-0.1, -0.05) is 23.7 Å². The Balaban J connectivity index is 1.56. The smallest absolute Gasteiger partial charge is 0.218 e. The Kier molecular flexibility index (Phi) is 4.41. The first-order valence-corrected chi connectivity index (χ1v) is 10.0. The lowest BCUT2D eigenvalue weighted by atomic mass is 10.0. The van der Waals surface area contributed by atoms with Gasteiger partial charge in [0.25, 0.3) is 0 Å². The predicted octanol–water partition coefficient (Wildman–Crippen LogP) is 2.39. The van der Waals surface area contributed by atoms with E-state index >= 15 is 0 Å². The lowest BCUT2D eigenvalue weighted by Crippen LogP contribution is -2.61. The zero-order valence-electron chi connectivity index (χ0n) is 16.0. The Bertz CT molecular complexity index is 951. The third kappa shape index (κ3) is 3.01. The molecular formula is C19H23ClN8. The second-order valence-corrected chi connectivity index (χ2v) is 8.09. The summed E-state index contributed by atoms with van der Waals surface area (Å²) in [6.45, 7) is 8.66. The Morgan fingerprint density at radius 3 is 2.57 bits per heavy atom. The summed E-state index contributed by atoms with van der Waals surface area (Å²) in [4.78, 5) is 14.2. The first kappa shape index (κ1) is 17.8. The minimum absolute atomic E-state index is 0.0329. The predicted molar refractivity (Wildman–Crippen MR) is 106 cm³/mol. The Morgan fingerprint density at radius 2 is 1.93 bits per heavy atom. The van der Waals surface area contributed by atoms with Crippen molar-refractivity contribution >= 4 is 11.6 Å². The van der Waals surface area contributed by atoms with E-state index < -0.39 is 0 Å². The number of benzene rings is 1. The average Bonchev–Trinajstić information content (AvgIpc) is 3.38. The van der Waals surface area contributed by atoms with Crippen LogP contribution in [0.25, 0.3) is 11.6 Å². The average molecular weight is 399 g/mol. The second kappa shape index (κ2) is 6.95. The molecule has 0 radical (unpaired) electrons. The molecule has 5 atom stereocenters.